The van der Waals surface area contributed by atoms with E-state index in [1.54, 1.807) is 10.7 Å². The molecule has 0 radical (unpaired) electrons. The van der Waals surface area contributed by atoms with Crippen LogP contribution in [0, 0.1) is 17.0 Å². The number of hydrogen-bond donors (Lipinski definition) is 1. The van der Waals surface area contributed by atoms with Gasteiger partial charge in [-0.25, -0.2) is 9.67 Å². The third-order valence-electron chi connectivity index (χ3n) is 3.50. The maximum atomic E-state index is 12.0. The number of benzene rings is 1. The zero-order chi connectivity index (χ0) is 18.7. The largest absolute Gasteiger partial charge is 0.309 e. The molecule has 10 nitrogen and oxygen atoms in total. The van der Waals surface area contributed by atoms with E-state index in [9.17, 15) is 14.9 Å². The van der Waals surface area contributed by atoms with E-state index in [0.29, 0.717) is 11.6 Å². The first-order chi connectivity index (χ1) is 12.4. The van der Waals surface area contributed by atoms with E-state index in [1.807, 2.05) is 18.2 Å². The maximum absolute atomic E-state index is 12.0. The van der Waals surface area contributed by atoms with Crippen molar-refractivity contribution in [3.63, 3.8) is 0 Å². The highest BCUT2D eigenvalue weighted by Crippen LogP contribution is 2.16. The molecular formula is C15H14ClN7O3. The number of aromatic nitrogens is 5. The Kier molecular flexibility index (Phi) is 4.94. The summed E-state index contributed by atoms with van der Waals surface area (Å²) in [4.78, 5) is 26.3. The molecule has 0 atom stereocenters. The quantitative estimate of drug-likeness (QED) is 0.519. The summed E-state index contributed by atoms with van der Waals surface area (Å²) in [5, 5.41) is 22.0. The summed E-state index contributed by atoms with van der Waals surface area (Å²) in [7, 11) is 0. The van der Waals surface area contributed by atoms with E-state index in [2.05, 4.69) is 20.5 Å². The Bertz CT molecular complexity index is 966. The minimum absolute atomic E-state index is 0.125. The third-order valence-corrected chi connectivity index (χ3v) is 3.87. The summed E-state index contributed by atoms with van der Waals surface area (Å²) < 4.78 is 2.74. The average molecular weight is 376 g/mol. The number of anilines is 1. The van der Waals surface area contributed by atoms with Crippen LogP contribution in [0.25, 0.3) is 0 Å². The zero-order valence-electron chi connectivity index (χ0n) is 13.7. The number of carbonyl (C=O) groups excluding carboxylic acids is 1. The van der Waals surface area contributed by atoms with E-state index in [-0.39, 0.29) is 23.9 Å². The summed E-state index contributed by atoms with van der Waals surface area (Å²) in [6.07, 6.45) is 2.68. The van der Waals surface area contributed by atoms with Gasteiger partial charge in [0, 0.05) is 5.02 Å². The summed E-state index contributed by atoms with van der Waals surface area (Å²) in [5.74, 6) is -0.321. The average Bonchev–Trinajstić information content (AvgIpc) is 3.16. The second-order valence-corrected chi connectivity index (χ2v) is 5.87. The van der Waals surface area contributed by atoms with Gasteiger partial charge in [0.2, 0.25) is 11.9 Å². The van der Waals surface area contributed by atoms with Crippen molar-refractivity contribution in [2.75, 3.05) is 5.32 Å². The Morgan fingerprint density at radius 2 is 2.08 bits per heavy atom. The standard InChI is InChI=1S/C15H14ClN7O3/c1-10-13(23(25)26)7-21(19-10)8-14(24)18-15-17-9-22(20-15)6-11-4-2-3-5-12(11)16/h2-5,7,9H,6,8H2,1H3,(H,18,20,24). The molecule has 1 amide bonds. The lowest BCUT2D eigenvalue weighted by Crippen LogP contribution is -2.20. The lowest BCUT2D eigenvalue weighted by molar-refractivity contribution is -0.385. The van der Waals surface area contributed by atoms with Gasteiger partial charge in [-0.1, -0.05) is 29.8 Å². The lowest BCUT2D eigenvalue weighted by Gasteiger charge is -2.03. The molecule has 3 rings (SSSR count). The molecule has 2 heterocycles. The predicted molar refractivity (Wildman–Crippen MR) is 92.8 cm³/mol. The molecule has 0 bridgehead atoms. The summed E-state index contributed by atoms with van der Waals surface area (Å²) >= 11 is 6.10. The van der Waals surface area contributed by atoms with Gasteiger partial charge < -0.3 is 0 Å². The van der Waals surface area contributed by atoms with Crippen LogP contribution in [-0.2, 0) is 17.9 Å². The number of nitrogens with one attached hydrogen (secondary N) is 1. The SMILES string of the molecule is Cc1nn(CC(=O)Nc2ncn(Cc3ccccc3Cl)n2)cc1[N+](=O)[O-]. The van der Waals surface area contributed by atoms with E-state index in [1.165, 1.54) is 24.1 Å². The van der Waals surface area contributed by atoms with Crippen LogP contribution < -0.4 is 5.32 Å². The van der Waals surface area contributed by atoms with Crippen LogP contribution in [0.1, 0.15) is 11.3 Å². The van der Waals surface area contributed by atoms with Crippen molar-refractivity contribution in [3.05, 3.63) is 63.2 Å². The topological polar surface area (TPSA) is 121 Å². The second kappa shape index (κ2) is 7.31. The van der Waals surface area contributed by atoms with Gasteiger partial charge in [-0.15, -0.1) is 5.10 Å². The maximum Gasteiger partial charge on any atom is 0.309 e. The molecule has 0 aliphatic rings. The first-order valence-corrected chi connectivity index (χ1v) is 7.91. The highest BCUT2D eigenvalue weighted by molar-refractivity contribution is 6.31. The van der Waals surface area contributed by atoms with Gasteiger partial charge in [0.05, 0.1) is 11.5 Å². The smallest absolute Gasteiger partial charge is 0.292 e. The minimum Gasteiger partial charge on any atom is -0.292 e. The number of nitro groups is 1. The number of nitrogens with zero attached hydrogens (tertiary/aromatic N) is 6. The summed E-state index contributed by atoms with van der Waals surface area (Å²) in [6.45, 7) is 1.73. The predicted octanol–water partition coefficient (Wildman–Crippen LogP) is 2.03. The fourth-order valence-electron chi connectivity index (χ4n) is 2.31. The monoisotopic (exact) mass is 375 g/mol. The van der Waals surface area contributed by atoms with Gasteiger partial charge in [0.1, 0.15) is 24.8 Å². The molecule has 0 saturated heterocycles. The molecule has 26 heavy (non-hydrogen) atoms. The van der Waals surface area contributed by atoms with Crippen LogP contribution in [0.2, 0.25) is 5.02 Å². The Morgan fingerprint density at radius 1 is 1.31 bits per heavy atom. The van der Waals surface area contributed by atoms with Crippen LogP contribution in [-0.4, -0.2) is 35.4 Å². The van der Waals surface area contributed by atoms with Gasteiger partial charge >= 0.3 is 5.69 Å². The molecule has 0 fully saturated rings. The number of rotatable bonds is 6. The number of amides is 1. The molecule has 1 aromatic carbocycles. The van der Waals surface area contributed by atoms with Crippen molar-refractivity contribution < 1.29 is 9.72 Å². The van der Waals surface area contributed by atoms with Crippen LogP contribution in [0.3, 0.4) is 0 Å². The van der Waals surface area contributed by atoms with Gasteiger partial charge in [0.25, 0.3) is 0 Å². The minimum atomic E-state index is -0.547. The van der Waals surface area contributed by atoms with Crippen LogP contribution in [0.5, 0.6) is 0 Å². The van der Waals surface area contributed by atoms with Crippen LogP contribution >= 0.6 is 11.6 Å². The molecule has 0 aliphatic carbocycles. The molecule has 0 spiro atoms. The Balaban J connectivity index is 1.62. The molecule has 134 valence electrons. The molecular weight excluding hydrogens is 362 g/mol. The fourth-order valence-corrected chi connectivity index (χ4v) is 2.50. The van der Waals surface area contributed by atoms with Gasteiger partial charge in [-0.3, -0.25) is 24.9 Å². The highest BCUT2D eigenvalue weighted by Gasteiger charge is 2.17. The van der Waals surface area contributed by atoms with Crippen molar-refractivity contribution in [1.29, 1.82) is 0 Å². The first kappa shape index (κ1) is 17.5. The first-order valence-electron chi connectivity index (χ1n) is 7.53. The van der Waals surface area contributed by atoms with E-state index >= 15 is 0 Å². The molecule has 0 aliphatic heterocycles. The van der Waals surface area contributed by atoms with Gasteiger partial charge in [-0.2, -0.15) is 5.10 Å². The molecule has 0 saturated carbocycles. The van der Waals surface area contributed by atoms with Crippen molar-refractivity contribution in [2.24, 2.45) is 0 Å². The van der Waals surface area contributed by atoms with E-state index in [4.69, 9.17) is 11.6 Å². The molecule has 3 aromatic rings. The van der Waals surface area contributed by atoms with E-state index in [0.717, 1.165) is 5.56 Å². The van der Waals surface area contributed by atoms with Crippen LogP contribution in [0.15, 0.2) is 36.8 Å². The molecule has 2 aromatic heterocycles. The second-order valence-electron chi connectivity index (χ2n) is 5.46. The zero-order valence-corrected chi connectivity index (χ0v) is 14.4. The highest BCUT2D eigenvalue weighted by atomic mass is 35.5. The van der Waals surface area contributed by atoms with Crippen molar-refractivity contribution >= 4 is 29.1 Å². The Hall–Kier alpha value is -3.27. The molecule has 0 unspecified atom stereocenters. The van der Waals surface area contributed by atoms with Gasteiger partial charge in [-0.05, 0) is 18.6 Å². The third kappa shape index (κ3) is 4.03. The van der Waals surface area contributed by atoms with E-state index < -0.39 is 10.8 Å². The summed E-state index contributed by atoms with van der Waals surface area (Å²) in [5.41, 5.74) is 0.973. The van der Waals surface area contributed by atoms with Crippen molar-refractivity contribution in [2.45, 2.75) is 20.0 Å². The Labute approximate surface area is 152 Å². The normalized spacial score (nSPS) is 10.7. The molecule has 11 heteroatoms. The number of hydrogen-bond acceptors (Lipinski definition) is 6. The number of aryl methyl sites for hydroxylation is 1. The van der Waals surface area contributed by atoms with Crippen molar-refractivity contribution in [3.8, 4) is 0 Å². The summed E-state index contributed by atoms with van der Waals surface area (Å²) in [6, 6.07) is 7.35. The number of carbonyl (C=O) groups is 1. The molecule has 1 N–H and O–H groups in total. The van der Waals surface area contributed by atoms with Crippen molar-refractivity contribution in [1.82, 2.24) is 24.5 Å². The number of halogens is 1. The lowest BCUT2D eigenvalue weighted by atomic mass is 10.2. The van der Waals surface area contributed by atoms with Crippen LogP contribution in [0.4, 0.5) is 11.6 Å². The fraction of sp³-hybridized carbons (Fsp3) is 0.200. The Morgan fingerprint density at radius 3 is 2.77 bits per heavy atom. The van der Waals surface area contributed by atoms with Gasteiger partial charge in [0.15, 0.2) is 0 Å².